The highest BCUT2D eigenvalue weighted by molar-refractivity contribution is 5.98. The number of hydrogen-bond acceptors (Lipinski definition) is 7. The summed E-state index contributed by atoms with van der Waals surface area (Å²) >= 11 is 0. The normalized spacial score (nSPS) is 11.7. The van der Waals surface area contributed by atoms with E-state index in [1.165, 1.54) is 0 Å². The number of hydrogen-bond donors (Lipinski definition) is 2. The molecule has 2 aromatic rings. The van der Waals surface area contributed by atoms with Gasteiger partial charge < -0.3 is 20.1 Å². The van der Waals surface area contributed by atoms with E-state index in [1.54, 1.807) is 18.2 Å². The summed E-state index contributed by atoms with van der Waals surface area (Å²) in [4.78, 5) is 37.0. The molecule has 0 aliphatic carbocycles. The van der Waals surface area contributed by atoms with Crippen molar-refractivity contribution in [3.05, 3.63) is 54.1 Å². The molecule has 0 aliphatic rings. The molecule has 0 bridgehead atoms. The Kier molecular flexibility index (Phi) is 11.4. The molecule has 2 N–H and O–H groups in total. The van der Waals surface area contributed by atoms with E-state index < -0.39 is 11.9 Å². The summed E-state index contributed by atoms with van der Waals surface area (Å²) in [5.74, 6) is -1.74. The monoisotopic (exact) mass is 482 g/mol. The number of carboxylic acid groups (broad SMARTS) is 1. The Balaban J connectivity index is 1.81. The topological polar surface area (TPSA) is 121 Å². The Hall–Kier alpha value is -3.75. The third-order valence-corrected chi connectivity index (χ3v) is 5.32. The van der Waals surface area contributed by atoms with Crippen LogP contribution in [0.3, 0.4) is 0 Å². The summed E-state index contributed by atoms with van der Waals surface area (Å²) in [5, 5.41) is 20.1. The minimum absolute atomic E-state index is 0.125. The quantitative estimate of drug-likeness (QED) is 0.215. The van der Waals surface area contributed by atoms with Gasteiger partial charge in [-0.05, 0) is 62.1 Å². The first-order valence-electron chi connectivity index (χ1n) is 11.8. The molecule has 0 saturated heterocycles. The predicted octanol–water partition coefficient (Wildman–Crippen LogP) is 5.25. The van der Waals surface area contributed by atoms with Crippen LogP contribution in [0.1, 0.15) is 55.8 Å². The van der Waals surface area contributed by atoms with E-state index in [2.05, 4.69) is 15.5 Å². The van der Waals surface area contributed by atoms with E-state index in [-0.39, 0.29) is 24.9 Å². The predicted molar refractivity (Wildman–Crippen MR) is 135 cm³/mol. The van der Waals surface area contributed by atoms with Gasteiger partial charge in [-0.1, -0.05) is 19.1 Å². The van der Waals surface area contributed by atoms with Gasteiger partial charge in [0, 0.05) is 26.3 Å². The van der Waals surface area contributed by atoms with Crippen molar-refractivity contribution in [2.75, 3.05) is 25.5 Å². The first kappa shape index (κ1) is 27.5. The highest BCUT2D eigenvalue weighted by Crippen LogP contribution is 2.24. The molecule has 0 spiro atoms. The van der Waals surface area contributed by atoms with Gasteiger partial charge in [0.05, 0.1) is 29.8 Å². The average Bonchev–Trinajstić information content (AvgIpc) is 2.85. The number of aliphatic carboxylic acids is 1. The number of esters is 1. The summed E-state index contributed by atoms with van der Waals surface area (Å²) in [6, 6.07) is 14.7. The summed E-state index contributed by atoms with van der Waals surface area (Å²) in [6.45, 7) is 2.39. The van der Waals surface area contributed by atoms with Crippen molar-refractivity contribution in [2.45, 2.75) is 51.6 Å². The van der Waals surface area contributed by atoms with Crippen LogP contribution in [0, 0.1) is 0 Å². The highest BCUT2D eigenvalue weighted by Gasteiger charge is 2.14. The van der Waals surface area contributed by atoms with Crippen LogP contribution in [-0.2, 0) is 14.3 Å². The lowest BCUT2D eigenvalue weighted by atomic mass is 10.1. The second kappa shape index (κ2) is 14.5. The van der Waals surface area contributed by atoms with Gasteiger partial charge in [-0.15, -0.1) is 5.11 Å². The van der Waals surface area contributed by atoms with E-state index in [1.807, 2.05) is 56.3 Å². The molecule has 1 atom stereocenters. The number of anilines is 1. The van der Waals surface area contributed by atoms with Crippen LogP contribution in [0.5, 0.6) is 0 Å². The highest BCUT2D eigenvalue weighted by atomic mass is 16.5. The van der Waals surface area contributed by atoms with Gasteiger partial charge in [-0.25, -0.2) is 0 Å². The first-order valence-corrected chi connectivity index (χ1v) is 11.8. The SMILES string of the molecule is CCC(CCCCNC(=O)c1ccccc1N=Nc1ccc(N(C)C)cc1)OC(=O)CCC(=O)O. The zero-order valence-corrected chi connectivity index (χ0v) is 20.6. The minimum atomic E-state index is -1.02. The van der Waals surface area contributed by atoms with Crippen LogP contribution in [0.2, 0.25) is 0 Å². The average molecular weight is 483 g/mol. The molecular formula is C26H34N4O5. The maximum atomic E-state index is 12.7. The zero-order chi connectivity index (χ0) is 25.6. The Morgan fingerprint density at radius 3 is 2.37 bits per heavy atom. The number of rotatable bonds is 14. The van der Waals surface area contributed by atoms with Crippen LogP contribution in [-0.4, -0.2) is 49.7 Å². The van der Waals surface area contributed by atoms with E-state index in [9.17, 15) is 14.4 Å². The first-order chi connectivity index (χ1) is 16.8. The van der Waals surface area contributed by atoms with Crippen molar-refractivity contribution in [1.82, 2.24) is 5.32 Å². The number of unbranched alkanes of at least 4 members (excludes halogenated alkanes) is 1. The van der Waals surface area contributed by atoms with Crippen LogP contribution < -0.4 is 10.2 Å². The van der Waals surface area contributed by atoms with Crippen LogP contribution >= 0.6 is 0 Å². The third kappa shape index (κ3) is 9.95. The smallest absolute Gasteiger partial charge is 0.306 e. The molecule has 0 aliphatic heterocycles. The number of benzene rings is 2. The summed E-state index contributed by atoms with van der Waals surface area (Å²) in [5.41, 5.74) is 2.69. The van der Waals surface area contributed by atoms with E-state index >= 15 is 0 Å². The second-order valence-corrected chi connectivity index (χ2v) is 8.29. The number of carbonyl (C=O) groups is 3. The molecule has 0 aromatic heterocycles. The van der Waals surface area contributed by atoms with Crippen LogP contribution in [0.25, 0.3) is 0 Å². The summed E-state index contributed by atoms with van der Waals surface area (Å²) in [7, 11) is 3.93. The van der Waals surface area contributed by atoms with Crippen molar-refractivity contribution in [3.63, 3.8) is 0 Å². The Bertz CT molecular complexity index is 1010. The van der Waals surface area contributed by atoms with Crippen molar-refractivity contribution in [1.29, 1.82) is 0 Å². The molecule has 9 nitrogen and oxygen atoms in total. The van der Waals surface area contributed by atoms with Crippen molar-refractivity contribution in [2.24, 2.45) is 10.2 Å². The Morgan fingerprint density at radius 2 is 1.71 bits per heavy atom. The number of nitrogens with zero attached hydrogens (tertiary/aromatic N) is 3. The molecule has 2 rings (SSSR count). The van der Waals surface area contributed by atoms with Crippen molar-refractivity contribution >= 4 is 34.9 Å². The number of azo groups is 1. The van der Waals surface area contributed by atoms with Gasteiger partial charge in [0.2, 0.25) is 0 Å². The van der Waals surface area contributed by atoms with Crippen LogP contribution in [0.4, 0.5) is 17.1 Å². The lowest BCUT2D eigenvalue weighted by Gasteiger charge is -2.16. The number of amides is 1. The summed E-state index contributed by atoms with van der Waals surface area (Å²) in [6.07, 6.45) is 2.18. The van der Waals surface area contributed by atoms with Gasteiger partial charge in [-0.2, -0.15) is 5.11 Å². The maximum absolute atomic E-state index is 12.7. The second-order valence-electron chi connectivity index (χ2n) is 8.29. The zero-order valence-electron chi connectivity index (χ0n) is 20.6. The standard InChI is InChI=1S/C26H34N4O5/c1-4-21(35-25(33)17-16-24(31)32)9-7-8-18-27-26(34)22-10-5-6-11-23(22)29-28-19-12-14-20(15-13-19)30(2)3/h5-6,10-15,21H,4,7-9,16-18H2,1-3H3,(H,27,34)(H,31,32). The molecule has 188 valence electrons. The third-order valence-electron chi connectivity index (χ3n) is 5.32. The Morgan fingerprint density at radius 1 is 1.00 bits per heavy atom. The van der Waals surface area contributed by atoms with Gasteiger partial charge in [0.15, 0.2) is 0 Å². The molecule has 2 aromatic carbocycles. The fraction of sp³-hybridized carbons (Fsp3) is 0.423. The number of carboxylic acids is 1. The molecule has 9 heteroatoms. The van der Waals surface area contributed by atoms with Gasteiger partial charge in [-0.3, -0.25) is 14.4 Å². The molecule has 0 heterocycles. The number of ether oxygens (including phenoxy) is 1. The fourth-order valence-electron chi connectivity index (χ4n) is 3.28. The van der Waals surface area contributed by atoms with E-state index in [0.29, 0.717) is 36.3 Å². The van der Waals surface area contributed by atoms with Crippen molar-refractivity contribution < 1.29 is 24.2 Å². The van der Waals surface area contributed by atoms with Gasteiger partial charge >= 0.3 is 11.9 Å². The fourth-order valence-corrected chi connectivity index (χ4v) is 3.28. The van der Waals surface area contributed by atoms with Crippen LogP contribution in [0.15, 0.2) is 58.8 Å². The largest absolute Gasteiger partial charge is 0.481 e. The lowest BCUT2D eigenvalue weighted by molar-refractivity contribution is -0.152. The maximum Gasteiger partial charge on any atom is 0.306 e. The molecule has 0 saturated carbocycles. The number of nitrogens with one attached hydrogen (secondary N) is 1. The molecule has 1 amide bonds. The molecule has 0 fully saturated rings. The molecule has 35 heavy (non-hydrogen) atoms. The van der Waals surface area contributed by atoms with Gasteiger partial charge in [0.25, 0.3) is 5.91 Å². The molecular weight excluding hydrogens is 448 g/mol. The Labute approximate surface area is 206 Å². The lowest BCUT2D eigenvalue weighted by Crippen LogP contribution is -2.25. The van der Waals surface area contributed by atoms with Crippen molar-refractivity contribution in [3.8, 4) is 0 Å². The molecule has 0 radical (unpaired) electrons. The minimum Gasteiger partial charge on any atom is -0.481 e. The molecule has 1 unspecified atom stereocenters. The van der Waals surface area contributed by atoms with E-state index in [0.717, 1.165) is 18.5 Å². The number of carbonyl (C=O) groups excluding carboxylic acids is 2. The van der Waals surface area contributed by atoms with Gasteiger partial charge in [0.1, 0.15) is 6.10 Å². The van der Waals surface area contributed by atoms with E-state index in [4.69, 9.17) is 9.84 Å². The summed E-state index contributed by atoms with van der Waals surface area (Å²) < 4.78 is 5.33.